The average molecular weight is 337 g/mol. The molecule has 1 aromatic rings. The number of carbonyl (C=O) groups is 2. The number of piperazine rings is 1. The minimum Gasteiger partial charge on any atom is -0.545 e. The van der Waals surface area contributed by atoms with Gasteiger partial charge in [-0.3, -0.25) is 9.69 Å². The van der Waals surface area contributed by atoms with Crippen LogP contribution in [0.25, 0.3) is 0 Å². The van der Waals surface area contributed by atoms with Gasteiger partial charge in [-0.25, -0.2) is 0 Å². The van der Waals surface area contributed by atoms with Gasteiger partial charge >= 0.3 is 0 Å². The molecule has 2 heterocycles. The number of nitrogens with one attached hydrogen (secondary N) is 2. The van der Waals surface area contributed by atoms with Crippen LogP contribution in [0.5, 0.6) is 0 Å². The molecule has 0 unspecified atom stereocenters. The van der Waals surface area contributed by atoms with E-state index in [0.717, 1.165) is 62.3 Å². The molecule has 1 aliphatic heterocycles. The number of anilines is 1. The predicted molar refractivity (Wildman–Crippen MR) is 87.0 cm³/mol. The summed E-state index contributed by atoms with van der Waals surface area (Å²) in [5.41, 5.74) is 1.09. The van der Waals surface area contributed by atoms with Crippen molar-refractivity contribution in [2.24, 2.45) is 0 Å². The molecule has 0 aromatic carbocycles. The fraction of sp³-hybridized carbons (Fsp3) is 0.625. The Kier molecular flexibility index (Phi) is 4.99. The van der Waals surface area contributed by atoms with E-state index >= 15 is 0 Å². The second-order valence-electron chi connectivity index (χ2n) is 6.48. The summed E-state index contributed by atoms with van der Waals surface area (Å²) in [6.45, 7) is 4.25. The first-order valence-corrected chi connectivity index (χ1v) is 9.04. The highest BCUT2D eigenvalue weighted by Gasteiger charge is 2.24. The highest BCUT2D eigenvalue weighted by molar-refractivity contribution is 7.17. The smallest absolute Gasteiger partial charge is 0.280 e. The van der Waals surface area contributed by atoms with Crippen molar-refractivity contribution in [3.63, 3.8) is 0 Å². The molecule has 126 valence electrons. The van der Waals surface area contributed by atoms with Gasteiger partial charge in [0, 0.05) is 23.5 Å². The summed E-state index contributed by atoms with van der Waals surface area (Å²) in [6, 6.07) is 0. The molecule has 0 bridgehead atoms. The number of carboxylic acids is 1. The molecular weight excluding hydrogens is 314 g/mol. The number of nitrogens with zero attached hydrogens (tertiary/aromatic N) is 1. The highest BCUT2D eigenvalue weighted by Crippen LogP contribution is 2.37. The van der Waals surface area contributed by atoms with Crippen molar-refractivity contribution < 1.29 is 19.6 Å². The lowest BCUT2D eigenvalue weighted by atomic mass is 9.95. The number of hydrogen-bond donors (Lipinski definition) is 2. The fourth-order valence-electron chi connectivity index (χ4n) is 3.38. The van der Waals surface area contributed by atoms with E-state index in [1.54, 1.807) is 0 Å². The van der Waals surface area contributed by atoms with Crippen LogP contribution in [0.4, 0.5) is 5.00 Å². The normalized spacial score (nSPS) is 19.3. The number of likely N-dealkylation sites (N-methyl/N-ethyl adjacent to an activating group) is 1. The summed E-state index contributed by atoms with van der Waals surface area (Å²) >= 11 is 1.41. The van der Waals surface area contributed by atoms with Gasteiger partial charge in [0.15, 0.2) is 6.54 Å². The van der Waals surface area contributed by atoms with Gasteiger partial charge in [0.2, 0.25) is 0 Å². The van der Waals surface area contributed by atoms with Crippen LogP contribution in [0.15, 0.2) is 0 Å². The first-order valence-electron chi connectivity index (χ1n) is 8.22. The van der Waals surface area contributed by atoms with Crippen LogP contribution in [-0.4, -0.2) is 56.5 Å². The zero-order valence-electron chi connectivity index (χ0n) is 13.4. The third-order valence-corrected chi connectivity index (χ3v) is 5.94. The molecule has 3 rings (SSSR count). The van der Waals surface area contributed by atoms with E-state index in [2.05, 4.69) is 17.3 Å². The first kappa shape index (κ1) is 16.4. The number of amides is 1. The Balaban J connectivity index is 1.68. The lowest BCUT2D eigenvalue weighted by Gasteiger charge is -2.29. The minimum absolute atomic E-state index is 0.106. The molecule has 0 radical (unpaired) electrons. The Morgan fingerprint density at radius 1 is 1.26 bits per heavy atom. The monoisotopic (exact) mass is 337 g/mol. The maximum atomic E-state index is 12.3. The molecule has 2 N–H and O–H groups in total. The van der Waals surface area contributed by atoms with Crippen molar-refractivity contribution in [1.82, 2.24) is 4.90 Å². The summed E-state index contributed by atoms with van der Waals surface area (Å²) in [7, 11) is 2.08. The number of carbonyl (C=O) groups excluding carboxylic acids is 2. The number of rotatable bonds is 4. The van der Waals surface area contributed by atoms with Crippen LogP contribution in [0.2, 0.25) is 0 Å². The van der Waals surface area contributed by atoms with E-state index < -0.39 is 5.97 Å². The number of aryl methyl sites for hydroxylation is 1. The van der Waals surface area contributed by atoms with Gasteiger partial charge < -0.3 is 20.1 Å². The predicted octanol–water partition coefficient (Wildman–Crippen LogP) is -1.24. The van der Waals surface area contributed by atoms with Crippen LogP contribution in [-0.2, 0) is 17.6 Å². The van der Waals surface area contributed by atoms with Crippen molar-refractivity contribution in [2.45, 2.75) is 25.7 Å². The molecular formula is C16H23N3O3S. The number of quaternary nitrogens is 1. The molecule has 6 nitrogen and oxygen atoms in total. The maximum Gasteiger partial charge on any atom is 0.280 e. The Morgan fingerprint density at radius 3 is 2.65 bits per heavy atom. The molecule has 1 amide bonds. The summed E-state index contributed by atoms with van der Waals surface area (Å²) in [4.78, 5) is 28.4. The average Bonchev–Trinajstić information content (AvgIpc) is 2.87. The number of fused-ring (bicyclic) bond motifs is 1. The van der Waals surface area contributed by atoms with E-state index in [4.69, 9.17) is 0 Å². The molecule has 0 spiro atoms. The molecule has 1 fully saturated rings. The Labute approximate surface area is 140 Å². The first-order chi connectivity index (χ1) is 11.0. The SMILES string of the molecule is CN1CC[NH+](CC(=O)Nc2sc3c(c2C(=O)[O-])CCCC3)CC1. The van der Waals surface area contributed by atoms with Crippen LogP contribution in [0.3, 0.4) is 0 Å². The maximum absolute atomic E-state index is 12.3. The molecule has 23 heavy (non-hydrogen) atoms. The van der Waals surface area contributed by atoms with Gasteiger partial charge in [-0.05, 0) is 38.3 Å². The van der Waals surface area contributed by atoms with E-state index in [0.29, 0.717) is 11.5 Å². The Hall–Kier alpha value is -1.44. The summed E-state index contributed by atoms with van der Waals surface area (Å²) in [5, 5.41) is 14.8. The fourth-order valence-corrected chi connectivity index (χ4v) is 4.67. The van der Waals surface area contributed by atoms with Gasteiger partial charge in [0.25, 0.3) is 5.91 Å². The van der Waals surface area contributed by atoms with E-state index in [9.17, 15) is 14.7 Å². The second-order valence-corrected chi connectivity index (χ2v) is 7.59. The summed E-state index contributed by atoms with van der Waals surface area (Å²) in [5.74, 6) is -1.28. The largest absolute Gasteiger partial charge is 0.545 e. The molecule has 2 aliphatic rings. The van der Waals surface area contributed by atoms with E-state index in [-0.39, 0.29) is 11.5 Å². The number of hydrogen-bond acceptors (Lipinski definition) is 5. The topological polar surface area (TPSA) is 76.9 Å². The van der Waals surface area contributed by atoms with Gasteiger partial charge in [-0.15, -0.1) is 11.3 Å². The van der Waals surface area contributed by atoms with Crippen LogP contribution in [0.1, 0.15) is 33.6 Å². The van der Waals surface area contributed by atoms with Crippen molar-refractivity contribution in [2.75, 3.05) is 45.1 Å². The van der Waals surface area contributed by atoms with E-state index in [1.165, 1.54) is 16.2 Å². The number of carboxylic acid groups (broad SMARTS) is 1. The van der Waals surface area contributed by atoms with Gasteiger partial charge in [-0.1, -0.05) is 0 Å². The third-order valence-electron chi connectivity index (χ3n) is 4.73. The lowest BCUT2D eigenvalue weighted by Crippen LogP contribution is -3.15. The van der Waals surface area contributed by atoms with E-state index in [1.807, 2.05) is 0 Å². The van der Waals surface area contributed by atoms with Gasteiger partial charge in [0.05, 0.1) is 19.1 Å². The number of aromatic carboxylic acids is 1. The zero-order valence-corrected chi connectivity index (χ0v) is 14.3. The van der Waals surface area contributed by atoms with Crippen LogP contribution >= 0.6 is 11.3 Å². The lowest BCUT2D eigenvalue weighted by molar-refractivity contribution is -0.896. The molecule has 1 aromatic heterocycles. The zero-order chi connectivity index (χ0) is 16.4. The molecule has 0 saturated carbocycles. The number of thiophene rings is 1. The highest BCUT2D eigenvalue weighted by atomic mass is 32.1. The third kappa shape index (κ3) is 3.73. The van der Waals surface area contributed by atoms with Crippen molar-refractivity contribution in [1.29, 1.82) is 0 Å². The quantitative estimate of drug-likeness (QED) is 0.721. The minimum atomic E-state index is -1.17. The van der Waals surface area contributed by atoms with Crippen molar-refractivity contribution in [3.8, 4) is 0 Å². The van der Waals surface area contributed by atoms with Gasteiger partial charge in [0.1, 0.15) is 5.00 Å². The molecule has 7 heteroatoms. The summed E-state index contributed by atoms with van der Waals surface area (Å²) < 4.78 is 0. The summed E-state index contributed by atoms with van der Waals surface area (Å²) in [6.07, 6.45) is 3.76. The van der Waals surface area contributed by atoms with Crippen molar-refractivity contribution in [3.05, 3.63) is 16.0 Å². The molecule has 1 aliphatic carbocycles. The van der Waals surface area contributed by atoms with Crippen LogP contribution in [0, 0.1) is 0 Å². The Morgan fingerprint density at radius 2 is 1.96 bits per heavy atom. The van der Waals surface area contributed by atoms with Gasteiger partial charge in [-0.2, -0.15) is 0 Å². The molecule has 0 atom stereocenters. The molecule has 1 saturated heterocycles. The second kappa shape index (κ2) is 6.98. The van der Waals surface area contributed by atoms with Crippen LogP contribution < -0.4 is 15.3 Å². The van der Waals surface area contributed by atoms with Crippen molar-refractivity contribution >= 4 is 28.2 Å². The Bertz CT molecular complexity index is 606. The standard InChI is InChI=1S/C16H23N3O3S/c1-18-6-8-19(9-7-18)10-13(20)17-15-14(16(21)22)11-4-2-3-5-12(11)23-15/h2-10H2,1H3,(H,17,20)(H,21,22).